The number of alkyl halides is 3. The highest BCUT2D eigenvalue weighted by Gasteiger charge is 2.30. The molecular formula is C14H11F4NO2S. The number of anilines is 1. The van der Waals surface area contributed by atoms with Crippen LogP contribution in [-0.2, 0) is 16.2 Å². The van der Waals surface area contributed by atoms with E-state index in [1.807, 2.05) is 0 Å². The van der Waals surface area contributed by atoms with Gasteiger partial charge in [-0.25, -0.2) is 12.8 Å². The fraction of sp³-hybridized carbons (Fsp3) is 0.143. The average Bonchev–Trinajstić information content (AvgIpc) is 2.37. The maximum Gasteiger partial charge on any atom is 0.416 e. The van der Waals surface area contributed by atoms with Gasteiger partial charge in [0, 0.05) is 5.69 Å². The monoisotopic (exact) mass is 333 g/mol. The molecule has 2 rings (SSSR count). The van der Waals surface area contributed by atoms with E-state index in [1.165, 1.54) is 6.92 Å². The first-order valence-corrected chi connectivity index (χ1v) is 7.54. The highest BCUT2D eigenvalue weighted by molar-refractivity contribution is 7.92. The zero-order valence-electron chi connectivity index (χ0n) is 11.3. The summed E-state index contributed by atoms with van der Waals surface area (Å²) in [6.45, 7) is 1.42. The van der Waals surface area contributed by atoms with Crippen molar-refractivity contribution >= 4 is 15.7 Å². The van der Waals surface area contributed by atoms with Gasteiger partial charge < -0.3 is 0 Å². The Morgan fingerprint density at radius 3 is 2.09 bits per heavy atom. The van der Waals surface area contributed by atoms with Crippen molar-refractivity contribution in [1.29, 1.82) is 0 Å². The lowest BCUT2D eigenvalue weighted by Gasteiger charge is -2.11. The quantitative estimate of drug-likeness (QED) is 0.865. The fourth-order valence-electron chi connectivity index (χ4n) is 1.85. The molecule has 1 N–H and O–H groups in total. The van der Waals surface area contributed by atoms with Gasteiger partial charge in [0.1, 0.15) is 5.82 Å². The Morgan fingerprint density at radius 1 is 1.00 bits per heavy atom. The topological polar surface area (TPSA) is 46.2 Å². The predicted octanol–water partition coefficient (Wildman–Crippen LogP) is 3.95. The second-order valence-corrected chi connectivity index (χ2v) is 6.24. The van der Waals surface area contributed by atoms with Crippen LogP contribution in [0.1, 0.15) is 11.1 Å². The summed E-state index contributed by atoms with van der Waals surface area (Å²) in [6.07, 6.45) is -4.50. The zero-order valence-corrected chi connectivity index (χ0v) is 12.1. The lowest BCUT2D eigenvalue weighted by molar-refractivity contribution is -0.137. The summed E-state index contributed by atoms with van der Waals surface area (Å²) < 4.78 is 76.8. The molecule has 0 unspecified atom stereocenters. The molecule has 3 nitrogen and oxygen atoms in total. The maximum absolute atomic E-state index is 13.0. The molecule has 0 bridgehead atoms. The number of halogens is 4. The number of hydrogen-bond acceptors (Lipinski definition) is 2. The molecule has 0 aliphatic carbocycles. The number of sulfonamides is 1. The van der Waals surface area contributed by atoms with Crippen molar-refractivity contribution in [3.05, 3.63) is 59.4 Å². The Balaban J connectivity index is 2.29. The van der Waals surface area contributed by atoms with Gasteiger partial charge >= 0.3 is 6.18 Å². The summed E-state index contributed by atoms with van der Waals surface area (Å²) in [5, 5.41) is 0. The van der Waals surface area contributed by atoms with Crippen molar-refractivity contribution in [3.8, 4) is 0 Å². The van der Waals surface area contributed by atoms with Gasteiger partial charge in [0.15, 0.2) is 0 Å². The van der Waals surface area contributed by atoms with Crippen molar-refractivity contribution < 1.29 is 26.0 Å². The van der Waals surface area contributed by atoms with Gasteiger partial charge in [-0.3, -0.25) is 4.72 Å². The number of rotatable bonds is 3. The van der Waals surface area contributed by atoms with Crippen molar-refractivity contribution in [1.82, 2.24) is 0 Å². The molecule has 2 aromatic rings. The molecule has 0 heterocycles. The Hall–Kier alpha value is -2.09. The summed E-state index contributed by atoms with van der Waals surface area (Å²) >= 11 is 0. The van der Waals surface area contributed by atoms with Crippen LogP contribution in [-0.4, -0.2) is 8.42 Å². The van der Waals surface area contributed by atoms with E-state index >= 15 is 0 Å². The Kier molecular flexibility index (Phi) is 4.15. The largest absolute Gasteiger partial charge is 0.416 e. The van der Waals surface area contributed by atoms with Gasteiger partial charge in [-0.2, -0.15) is 13.2 Å². The molecule has 0 aliphatic rings. The normalized spacial score (nSPS) is 12.2. The van der Waals surface area contributed by atoms with E-state index in [0.717, 1.165) is 42.5 Å². The van der Waals surface area contributed by atoms with Gasteiger partial charge in [0.25, 0.3) is 10.0 Å². The van der Waals surface area contributed by atoms with Crippen molar-refractivity contribution in [2.24, 2.45) is 0 Å². The molecular weight excluding hydrogens is 322 g/mol. The summed E-state index contributed by atoms with van der Waals surface area (Å²) in [5.74, 6) is -0.578. The number of aryl methyl sites for hydroxylation is 1. The Bertz CT molecular complexity index is 783. The summed E-state index contributed by atoms with van der Waals surface area (Å²) in [7, 11) is -4.01. The van der Waals surface area contributed by atoms with Crippen LogP contribution in [0.2, 0.25) is 0 Å². The molecule has 0 fully saturated rings. The van der Waals surface area contributed by atoms with Gasteiger partial charge in [-0.1, -0.05) is 0 Å². The van der Waals surface area contributed by atoms with Crippen LogP contribution in [0.15, 0.2) is 47.4 Å². The SMILES string of the molecule is Cc1cc(F)ccc1S(=O)(=O)Nc1ccc(C(F)(F)F)cc1. The highest BCUT2D eigenvalue weighted by atomic mass is 32.2. The van der Waals surface area contributed by atoms with Crippen LogP contribution in [0.4, 0.5) is 23.2 Å². The number of benzene rings is 2. The van der Waals surface area contributed by atoms with Gasteiger partial charge in [0.05, 0.1) is 10.5 Å². The summed E-state index contributed by atoms with van der Waals surface area (Å²) in [4.78, 5) is -0.145. The third-order valence-corrected chi connectivity index (χ3v) is 4.43. The second kappa shape index (κ2) is 5.60. The summed E-state index contributed by atoms with van der Waals surface area (Å²) in [5.41, 5.74) is -0.704. The van der Waals surface area contributed by atoms with Crippen molar-refractivity contribution in [2.75, 3.05) is 4.72 Å². The molecule has 0 radical (unpaired) electrons. The molecule has 0 aromatic heterocycles. The number of hydrogen-bond donors (Lipinski definition) is 1. The minimum Gasteiger partial charge on any atom is -0.280 e. The van der Waals surface area contributed by atoms with Crippen LogP contribution in [0.5, 0.6) is 0 Å². The van der Waals surface area contributed by atoms with Gasteiger partial charge in [-0.05, 0) is 55.0 Å². The molecule has 118 valence electrons. The molecule has 0 amide bonds. The first-order valence-electron chi connectivity index (χ1n) is 6.06. The second-order valence-electron chi connectivity index (χ2n) is 4.59. The Morgan fingerprint density at radius 2 is 1.59 bits per heavy atom. The van der Waals surface area contributed by atoms with Gasteiger partial charge in [-0.15, -0.1) is 0 Å². The molecule has 0 saturated heterocycles. The molecule has 0 atom stereocenters. The third kappa shape index (κ3) is 3.56. The summed E-state index contributed by atoms with van der Waals surface area (Å²) in [6, 6.07) is 6.72. The molecule has 0 saturated carbocycles. The third-order valence-electron chi connectivity index (χ3n) is 2.89. The highest BCUT2D eigenvalue weighted by Crippen LogP contribution is 2.30. The van der Waals surface area contributed by atoms with E-state index in [9.17, 15) is 26.0 Å². The lowest BCUT2D eigenvalue weighted by Crippen LogP contribution is -2.14. The molecule has 0 aliphatic heterocycles. The Labute approximate surface area is 124 Å². The first-order chi connectivity index (χ1) is 10.1. The molecule has 8 heteroatoms. The molecule has 22 heavy (non-hydrogen) atoms. The van der Waals surface area contributed by atoms with Crippen LogP contribution in [0.25, 0.3) is 0 Å². The van der Waals surface area contributed by atoms with Crippen LogP contribution < -0.4 is 4.72 Å². The minimum atomic E-state index is -4.50. The van der Waals surface area contributed by atoms with E-state index in [0.29, 0.717) is 0 Å². The van der Waals surface area contributed by atoms with Crippen molar-refractivity contribution in [2.45, 2.75) is 18.0 Å². The predicted molar refractivity (Wildman–Crippen MR) is 73.4 cm³/mol. The number of nitrogens with one attached hydrogen (secondary N) is 1. The van der Waals surface area contributed by atoms with Crippen LogP contribution in [0.3, 0.4) is 0 Å². The van der Waals surface area contributed by atoms with E-state index in [1.54, 1.807) is 0 Å². The van der Waals surface area contributed by atoms with E-state index in [2.05, 4.69) is 4.72 Å². The van der Waals surface area contributed by atoms with E-state index in [-0.39, 0.29) is 16.1 Å². The smallest absolute Gasteiger partial charge is 0.280 e. The van der Waals surface area contributed by atoms with E-state index < -0.39 is 27.6 Å². The van der Waals surface area contributed by atoms with Crippen molar-refractivity contribution in [3.63, 3.8) is 0 Å². The zero-order chi connectivity index (χ0) is 16.5. The average molecular weight is 333 g/mol. The standard InChI is InChI=1S/C14H11F4NO2S/c1-9-8-11(15)4-7-13(9)22(20,21)19-12-5-2-10(3-6-12)14(16,17)18/h2-8,19H,1H3. The van der Waals surface area contributed by atoms with E-state index in [4.69, 9.17) is 0 Å². The lowest BCUT2D eigenvalue weighted by atomic mass is 10.2. The molecule has 0 spiro atoms. The minimum absolute atomic E-state index is 0.0169. The fourth-order valence-corrected chi connectivity index (χ4v) is 3.14. The van der Waals surface area contributed by atoms with Crippen LogP contribution in [0, 0.1) is 12.7 Å². The maximum atomic E-state index is 13.0. The molecule has 2 aromatic carbocycles. The first kappa shape index (κ1) is 16.3. The van der Waals surface area contributed by atoms with Crippen LogP contribution >= 0.6 is 0 Å². The van der Waals surface area contributed by atoms with Gasteiger partial charge in [0.2, 0.25) is 0 Å².